The van der Waals surface area contributed by atoms with Gasteiger partial charge in [-0.05, 0) is 53.9 Å². The van der Waals surface area contributed by atoms with Crippen molar-refractivity contribution in [3.8, 4) is 0 Å². The largest absolute Gasteiger partial charge is 0.310 e. The van der Waals surface area contributed by atoms with Gasteiger partial charge in [-0.25, -0.2) is 4.52 Å². The molecule has 3 aromatic rings. The van der Waals surface area contributed by atoms with Gasteiger partial charge in [0.1, 0.15) is 0 Å². The molecule has 0 aromatic carbocycles. The molecule has 0 spiro atoms. The third-order valence-electron chi connectivity index (χ3n) is 3.58. The van der Waals surface area contributed by atoms with Crippen LogP contribution in [0, 0.1) is 0 Å². The topological polar surface area (TPSA) is 29.3 Å². The molecule has 0 aliphatic heterocycles. The molecule has 104 valence electrons. The van der Waals surface area contributed by atoms with E-state index in [1.807, 2.05) is 23.0 Å². The fourth-order valence-electron chi connectivity index (χ4n) is 2.58. The first-order valence-electron chi connectivity index (χ1n) is 7.05. The van der Waals surface area contributed by atoms with Crippen molar-refractivity contribution in [2.45, 2.75) is 25.8 Å². The zero-order valence-corrected chi connectivity index (χ0v) is 12.4. The van der Waals surface area contributed by atoms with Gasteiger partial charge < -0.3 is 5.32 Å². The molecule has 0 fully saturated rings. The molecule has 3 heterocycles. The number of nitrogens with one attached hydrogen (secondary N) is 1. The van der Waals surface area contributed by atoms with Crippen LogP contribution in [0.1, 0.15) is 30.5 Å². The number of hydrogen-bond donors (Lipinski definition) is 1. The van der Waals surface area contributed by atoms with E-state index >= 15 is 0 Å². The maximum absolute atomic E-state index is 4.45. The molecule has 0 aliphatic rings. The highest BCUT2D eigenvalue weighted by molar-refractivity contribution is 7.07. The summed E-state index contributed by atoms with van der Waals surface area (Å²) in [7, 11) is 0. The third kappa shape index (κ3) is 2.76. The quantitative estimate of drug-likeness (QED) is 0.748. The maximum atomic E-state index is 4.45. The van der Waals surface area contributed by atoms with Crippen molar-refractivity contribution in [1.29, 1.82) is 0 Å². The summed E-state index contributed by atoms with van der Waals surface area (Å²) in [5.41, 5.74) is 3.92. The minimum atomic E-state index is 0.361. The summed E-state index contributed by atoms with van der Waals surface area (Å²) in [6.45, 7) is 3.13. The van der Waals surface area contributed by atoms with Crippen LogP contribution >= 0.6 is 11.3 Å². The molecule has 0 saturated heterocycles. The lowest BCUT2D eigenvalue weighted by Gasteiger charge is -2.16. The van der Waals surface area contributed by atoms with Crippen molar-refractivity contribution in [1.82, 2.24) is 14.9 Å². The molecule has 0 aliphatic carbocycles. The van der Waals surface area contributed by atoms with Crippen LogP contribution < -0.4 is 5.32 Å². The molecular formula is C16H19N3S. The first-order chi connectivity index (χ1) is 9.88. The number of hydrogen-bond acceptors (Lipinski definition) is 3. The average Bonchev–Trinajstić information content (AvgIpc) is 3.13. The number of rotatable bonds is 6. The number of nitrogens with zero attached hydrogens (tertiary/aromatic N) is 2. The second-order valence-corrected chi connectivity index (χ2v) is 5.69. The van der Waals surface area contributed by atoms with Gasteiger partial charge in [-0.15, -0.1) is 0 Å². The Morgan fingerprint density at radius 2 is 2.30 bits per heavy atom. The number of thiophene rings is 1. The third-order valence-corrected chi connectivity index (χ3v) is 4.32. The van der Waals surface area contributed by atoms with Crippen molar-refractivity contribution < 1.29 is 0 Å². The zero-order valence-electron chi connectivity index (χ0n) is 11.6. The smallest absolute Gasteiger partial charge is 0.0709 e. The van der Waals surface area contributed by atoms with Gasteiger partial charge in [-0.2, -0.15) is 16.4 Å². The molecular weight excluding hydrogens is 266 g/mol. The molecule has 1 unspecified atom stereocenters. The van der Waals surface area contributed by atoms with Gasteiger partial charge in [0, 0.05) is 17.8 Å². The minimum Gasteiger partial charge on any atom is -0.310 e. The van der Waals surface area contributed by atoms with E-state index in [0.717, 1.165) is 19.4 Å². The van der Waals surface area contributed by atoms with Crippen molar-refractivity contribution in [2.24, 2.45) is 0 Å². The van der Waals surface area contributed by atoms with E-state index in [9.17, 15) is 0 Å². The highest BCUT2D eigenvalue weighted by Gasteiger charge is 2.15. The summed E-state index contributed by atoms with van der Waals surface area (Å²) in [4.78, 5) is 0. The monoisotopic (exact) mass is 285 g/mol. The maximum Gasteiger partial charge on any atom is 0.0709 e. The van der Waals surface area contributed by atoms with Crippen LogP contribution in [0.3, 0.4) is 0 Å². The van der Waals surface area contributed by atoms with Crippen LogP contribution in [-0.4, -0.2) is 16.2 Å². The summed E-state index contributed by atoms with van der Waals surface area (Å²) < 4.78 is 1.95. The summed E-state index contributed by atoms with van der Waals surface area (Å²) >= 11 is 1.77. The van der Waals surface area contributed by atoms with Crippen molar-refractivity contribution in [3.63, 3.8) is 0 Å². The van der Waals surface area contributed by atoms with Crippen LogP contribution in [0.5, 0.6) is 0 Å². The summed E-state index contributed by atoms with van der Waals surface area (Å²) in [6.07, 6.45) is 6.20. The predicted octanol–water partition coefficient (Wildman–Crippen LogP) is 3.68. The molecule has 3 nitrogen and oxygen atoms in total. The van der Waals surface area contributed by atoms with Crippen molar-refractivity contribution >= 4 is 16.9 Å². The van der Waals surface area contributed by atoms with E-state index in [2.05, 4.69) is 46.3 Å². The Balaban J connectivity index is 1.82. The van der Waals surface area contributed by atoms with Gasteiger partial charge in [0.2, 0.25) is 0 Å². The zero-order chi connectivity index (χ0) is 13.8. The number of fused-ring (bicyclic) bond motifs is 1. The molecule has 1 N–H and O–H groups in total. The van der Waals surface area contributed by atoms with E-state index in [1.54, 1.807) is 11.3 Å². The Bertz CT molecular complexity index is 657. The Labute approximate surface area is 123 Å². The van der Waals surface area contributed by atoms with Gasteiger partial charge in [0.15, 0.2) is 0 Å². The van der Waals surface area contributed by atoms with Gasteiger partial charge in [-0.3, -0.25) is 0 Å². The number of aryl methyl sites for hydroxylation is 1. The lowest BCUT2D eigenvalue weighted by Crippen LogP contribution is -2.21. The molecule has 3 aromatic heterocycles. The lowest BCUT2D eigenvalue weighted by atomic mass is 10.0. The van der Waals surface area contributed by atoms with Gasteiger partial charge in [0.25, 0.3) is 0 Å². The normalized spacial score (nSPS) is 12.8. The first kappa shape index (κ1) is 13.3. The second-order valence-electron chi connectivity index (χ2n) is 4.91. The molecule has 3 rings (SSSR count). The molecule has 0 amide bonds. The fourth-order valence-corrected chi connectivity index (χ4v) is 3.29. The minimum absolute atomic E-state index is 0.361. The van der Waals surface area contributed by atoms with Crippen molar-refractivity contribution in [3.05, 3.63) is 58.5 Å². The molecule has 4 heteroatoms. The van der Waals surface area contributed by atoms with Crippen LogP contribution in [-0.2, 0) is 6.42 Å². The standard InChI is InChI=1S/C16H19N3S/c1-2-17-15(7-6-13-8-10-20-12-13)14-11-18-19-9-4-3-5-16(14)19/h3-5,8-12,15,17H,2,6-7H2,1H3. The SMILES string of the molecule is CCNC(CCc1ccsc1)c1cnn2ccccc12. The Morgan fingerprint density at radius 3 is 3.10 bits per heavy atom. The lowest BCUT2D eigenvalue weighted by molar-refractivity contribution is 0.518. The van der Waals surface area contributed by atoms with Crippen LogP contribution in [0.4, 0.5) is 0 Å². The average molecular weight is 285 g/mol. The van der Waals surface area contributed by atoms with E-state index in [4.69, 9.17) is 0 Å². The fraction of sp³-hybridized carbons (Fsp3) is 0.312. The van der Waals surface area contributed by atoms with Gasteiger partial charge in [0.05, 0.1) is 11.7 Å². The summed E-state index contributed by atoms with van der Waals surface area (Å²) in [5, 5.41) is 12.4. The molecule has 1 atom stereocenters. The van der Waals surface area contributed by atoms with E-state index in [1.165, 1.54) is 16.6 Å². The summed E-state index contributed by atoms with van der Waals surface area (Å²) in [6, 6.07) is 8.79. The van der Waals surface area contributed by atoms with Crippen LogP contribution in [0.25, 0.3) is 5.52 Å². The van der Waals surface area contributed by atoms with Gasteiger partial charge >= 0.3 is 0 Å². The Kier molecular flexibility index (Phi) is 4.14. The van der Waals surface area contributed by atoms with Crippen molar-refractivity contribution in [2.75, 3.05) is 6.54 Å². The predicted molar refractivity (Wildman–Crippen MR) is 84.2 cm³/mol. The van der Waals surface area contributed by atoms with Crippen LogP contribution in [0.2, 0.25) is 0 Å². The number of pyridine rings is 1. The Hall–Kier alpha value is -1.65. The van der Waals surface area contributed by atoms with E-state index in [0.29, 0.717) is 6.04 Å². The highest BCUT2D eigenvalue weighted by atomic mass is 32.1. The van der Waals surface area contributed by atoms with Gasteiger partial charge in [-0.1, -0.05) is 13.0 Å². The highest BCUT2D eigenvalue weighted by Crippen LogP contribution is 2.24. The van der Waals surface area contributed by atoms with E-state index in [-0.39, 0.29) is 0 Å². The molecule has 20 heavy (non-hydrogen) atoms. The second kappa shape index (κ2) is 6.20. The molecule has 0 saturated carbocycles. The molecule has 0 bridgehead atoms. The van der Waals surface area contributed by atoms with Crippen LogP contribution in [0.15, 0.2) is 47.4 Å². The van der Waals surface area contributed by atoms with E-state index < -0.39 is 0 Å². The number of aromatic nitrogens is 2. The summed E-state index contributed by atoms with van der Waals surface area (Å²) in [5.74, 6) is 0. The first-order valence-corrected chi connectivity index (χ1v) is 7.99. The molecule has 0 radical (unpaired) electrons. The Morgan fingerprint density at radius 1 is 1.35 bits per heavy atom.